The second-order valence-electron chi connectivity index (χ2n) is 5.04. The molecule has 2 saturated heterocycles. The summed E-state index contributed by atoms with van der Waals surface area (Å²) < 4.78 is 37.6. The lowest BCUT2D eigenvalue weighted by atomic mass is 9.94. The Kier molecular flexibility index (Phi) is 4.88. The lowest BCUT2D eigenvalue weighted by Gasteiger charge is -2.36. The van der Waals surface area contributed by atoms with E-state index in [1.54, 1.807) is 0 Å². The molecule has 2 aliphatic heterocycles. The first-order chi connectivity index (χ1) is 8.55. The summed E-state index contributed by atoms with van der Waals surface area (Å²) in [5.74, 6) is 0.313. The van der Waals surface area contributed by atoms with Crippen LogP contribution in [-0.2, 0) is 19.5 Å². The summed E-state index contributed by atoms with van der Waals surface area (Å²) in [6, 6.07) is 0. The van der Waals surface area contributed by atoms with Gasteiger partial charge < -0.3 is 9.47 Å². The van der Waals surface area contributed by atoms with Gasteiger partial charge in [-0.25, -0.2) is 13.1 Å². The summed E-state index contributed by atoms with van der Waals surface area (Å²) >= 11 is 5.95. The molecule has 2 rings (SSSR count). The second kappa shape index (κ2) is 6.05. The molecule has 106 valence electrons. The molecule has 2 fully saturated rings. The normalized spacial score (nSPS) is 28.4. The zero-order valence-electron chi connectivity index (χ0n) is 10.4. The fourth-order valence-corrected chi connectivity index (χ4v) is 4.60. The van der Waals surface area contributed by atoms with Gasteiger partial charge in [0.15, 0.2) is 0 Å². The minimum atomic E-state index is -3.35. The molecule has 0 aromatic carbocycles. The van der Waals surface area contributed by atoms with Crippen molar-refractivity contribution in [2.24, 2.45) is 0 Å². The monoisotopic (exact) mass is 297 g/mol. The number of sulfonamides is 1. The van der Waals surface area contributed by atoms with Gasteiger partial charge in [0.25, 0.3) is 0 Å². The fraction of sp³-hybridized carbons (Fsp3) is 1.00. The first-order valence-electron chi connectivity index (χ1n) is 6.32. The SMILES string of the molecule is O=S(=O)(CC1CCCO1)NC1(CCl)CCOCC1. The van der Waals surface area contributed by atoms with Crippen molar-refractivity contribution in [3.05, 3.63) is 0 Å². The molecule has 0 bridgehead atoms. The molecule has 2 heterocycles. The maximum absolute atomic E-state index is 12.1. The van der Waals surface area contributed by atoms with Gasteiger partial charge in [0, 0.05) is 25.7 Å². The quantitative estimate of drug-likeness (QED) is 0.765. The van der Waals surface area contributed by atoms with Crippen molar-refractivity contribution < 1.29 is 17.9 Å². The van der Waals surface area contributed by atoms with Crippen molar-refractivity contribution >= 4 is 21.6 Å². The van der Waals surface area contributed by atoms with E-state index in [4.69, 9.17) is 21.1 Å². The number of hydrogen-bond acceptors (Lipinski definition) is 4. The van der Waals surface area contributed by atoms with E-state index in [0.29, 0.717) is 32.7 Å². The standard InChI is InChI=1S/C11H20ClNO4S/c12-9-11(3-6-16-7-4-11)13-18(14,15)8-10-2-1-5-17-10/h10,13H,1-9H2. The molecule has 18 heavy (non-hydrogen) atoms. The summed E-state index contributed by atoms with van der Waals surface area (Å²) in [7, 11) is -3.35. The van der Waals surface area contributed by atoms with E-state index in [1.807, 2.05) is 0 Å². The van der Waals surface area contributed by atoms with Crippen LogP contribution in [0.2, 0.25) is 0 Å². The van der Waals surface area contributed by atoms with E-state index in [1.165, 1.54) is 0 Å². The molecule has 1 N–H and O–H groups in total. The zero-order valence-corrected chi connectivity index (χ0v) is 11.9. The summed E-state index contributed by atoms with van der Waals surface area (Å²) in [6.45, 7) is 1.76. The number of halogens is 1. The van der Waals surface area contributed by atoms with Crippen LogP contribution >= 0.6 is 11.6 Å². The topological polar surface area (TPSA) is 64.6 Å². The lowest BCUT2D eigenvalue weighted by molar-refractivity contribution is 0.0547. The highest BCUT2D eigenvalue weighted by atomic mass is 35.5. The average molecular weight is 298 g/mol. The Labute approximate surface area is 113 Å². The first-order valence-corrected chi connectivity index (χ1v) is 8.51. The fourth-order valence-electron chi connectivity index (χ4n) is 2.42. The molecule has 0 amide bonds. The highest BCUT2D eigenvalue weighted by Crippen LogP contribution is 2.24. The third-order valence-corrected chi connectivity index (χ3v) is 5.57. The van der Waals surface area contributed by atoms with Crippen LogP contribution < -0.4 is 4.72 Å². The molecular weight excluding hydrogens is 278 g/mol. The van der Waals surface area contributed by atoms with E-state index in [9.17, 15) is 8.42 Å². The number of nitrogens with one attached hydrogen (secondary N) is 1. The molecule has 0 radical (unpaired) electrons. The largest absolute Gasteiger partial charge is 0.381 e. The molecule has 1 atom stereocenters. The predicted molar refractivity (Wildman–Crippen MR) is 69.4 cm³/mol. The number of alkyl halides is 1. The molecule has 0 spiro atoms. The van der Waals surface area contributed by atoms with Crippen LogP contribution in [0.15, 0.2) is 0 Å². The number of ether oxygens (including phenoxy) is 2. The van der Waals surface area contributed by atoms with E-state index >= 15 is 0 Å². The Morgan fingerprint density at radius 1 is 1.28 bits per heavy atom. The number of rotatable bonds is 5. The zero-order chi connectivity index (χ0) is 13.1. The van der Waals surface area contributed by atoms with Gasteiger partial charge in [0.2, 0.25) is 10.0 Å². The van der Waals surface area contributed by atoms with Crippen molar-refractivity contribution in [2.75, 3.05) is 31.5 Å². The summed E-state index contributed by atoms with van der Waals surface area (Å²) in [5, 5.41) is 0. The first kappa shape index (κ1) is 14.5. The molecule has 0 aromatic heterocycles. The molecule has 7 heteroatoms. The molecule has 0 saturated carbocycles. The van der Waals surface area contributed by atoms with Crippen molar-refractivity contribution in [1.82, 2.24) is 4.72 Å². The number of hydrogen-bond donors (Lipinski definition) is 1. The van der Waals surface area contributed by atoms with Crippen LogP contribution in [-0.4, -0.2) is 51.5 Å². The van der Waals surface area contributed by atoms with Crippen molar-refractivity contribution in [3.8, 4) is 0 Å². The molecule has 0 aliphatic carbocycles. The molecule has 0 aromatic rings. The van der Waals surface area contributed by atoms with Crippen molar-refractivity contribution in [3.63, 3.8) is 0 Å². The van der Waals surface area contributed by atoms with Crippen LogP contribution in [0.3, 0.4) is 0 Å². The Bertz CT molecular complexity index is 361. The maximum Gasteiger partial charge on any atom is 0.214 e. The Balaban J connectivity index is 1.96. The van der Waals surface area contributed by atoms with Crippen LogP contribution in [0.1, 0.15) is 25.7 Å². The Morgan fingerprint density at radius 2 is 2.00 bits per heavy atom. The van der Waals surface area contributed by atoms with E-state index in [-0.39, 0.29) is 17.7 Å². The van der Waals surface area contributed by atoms with Gasteiger partial charge in [0.05, 0.1) is 17.4 Å². The van der Waals surface area contributed by atoms with Crippen LogP contribution in [0.5, 0.6) is 0 Å². The van der Waals surface area contributed by atoms with Crippen LogP contribution in [0.4, 0.5) is 0 Å². The van der Waals surface area contributed by atoms with Gasteiger partial charge in [-0.2, -0.15) is 0 Å². The highest BCUT2D eigenvalue weighted by molar-refractivity contribution is 7.89. The van der Waals surface area contributed by atoms with Crippen molar-refractivity contribution in [1.29, 1.82) is 0 Å². The van der Waals surface area contributed by atoms with Gasteiger partial charge in [-0.3, -0.25) is 0 Å². The maximum atomic E-state index is 12.1. The predicted octanol–water partition coefficient (Wildman–Crippen LogP) is 0.873. The van der Waals surface area contributed by atoms with Gasteiger partial charge in [-0.1, -0.05) is 0 Å². The minimum Gasteiger partial charge on any atom is -0.381 e. The van der Waals surface area contributed by atoms with Crippen LogP contribution in [0, 0.1) is 0 Å². The van der Waals surface area contributed by atoms with Gasteiger partial charge in [-0.15, -0.1) is 11.6 Å². The average Bonchev–Trinajstić information content (AvgIpc) is 2.81. The highest BCUT2D eigenvalue weighted by Gasteiger charge is 2.37. The summed E-state index contributed by atoms with van der Waals surface area (Å²) in [5.41, 5.74) is -0.544. The van der Waals surface area contributed by atoms with Gasteiger partial charge >= 0.3 is 0 Å². The summed E-state index contributed by atoms with van der Waals surface area (Å²) in [6.07, 6.45) is 2.84. The van der Waals surface area contributed by atoms with E-state index in [0.717, 1.165) is 12.8 Å². The smallest absolute Gasteiger partial charge is 0.214 e. The third-order valence-electron chi connectivity index (χ3n) is 3.51. The van der Waals surface area contributed by atoms with Crippen molar-refractivity contribution in [2.45, 2.75) is 37.3 Å². The van der Waals surface area contributed by atoms with Gasteiger partial charge in [0.1, 0.15) is 0 Å². The molecule has 5 nitrogen and oxygen atoms in total. The molecule has 1 unspecified atom stereocenters. The lowest BCUT2D eigenvalue weighted by Crippen LogP contribution is -2.54. The molecule has 2 aliphatic rings. The minimum absolute atomic E-state index is 0.0342. The second-order valence-corrected chi connectivity index (χ2v) is 7.08. The Hall–Kier alpha value is 0.120. The van der Waals surface area contributed by atoms with Crippen LogP contribution in [0.25, 0.3) is 0 Å². The van der Waals surface area contributed by atoms with Gasteiger partial charge in [-0.05, 0) is 25.7 Å². The van der Waals surface area contributed by atoms with E-state index < -0.39 is 15.6 Å². The third kappa shape index (κ3) is 3.81. The Morgan fingerprint density at radius 3 is 2.56 bits per heavy atom. The van der Waals surface area contributed by atoms with E-state index in [2.05, 4.69) is 4.72 Å². The summed E-state index contributed by atoms with van der Waals surface area (Å²) in [4.78, 5) is 0. The molecular formula is C11H20ClNO4S.